The number of hydrogen-bond donors (Lipinski definition) is 2. The molecule has 0 radical (unpaired) electrons. The maximum absolute atomic E-state index is 8.61. The third-order valence-corrected chi connectivity index (χ3v) is 3.54. The zero-order valence-electron chi connectivity index (χ0n) is 9.46. The zero-order valence-corrected chi connectivity index (χ0v) is 10.3. The van der Waals surface area contributed by atoms with Gasteiger partial charge in [0.1, 0.15) is 0 Å². The van der Waals surface area contributed by atoms with Crippen LogP contribution in [-0.4, -0.2) is 18.3 Å². The Labute approximate surface area is 96.3 Å². The first-order valence-corrected chi connectivity index (χ1v) is 6.57. The molecule has 86 valence electrons. The maximum Gasteiger partial charge on any atom is 0.0431 e. The van der Waals surface area contributed by atoms with Gasteiger partial charge in [-0.25, -0.2) is 0 Å². The summed E-state index contributed by atoms with van der Waals surface area (Å²) in [5.74, 6) is 0. The fraction of sp³-hybridized carbons (Fsp3) is 0.667. The van der Waals surface area contributed by atoms with Crippen molar-refractivity contribution in [3.05, 3.63) is 21.9 Å². The van der Waals surface area contributed by atoms with Crippen LogP contribution in [0.5, 0.6) is 0 Å². The molecular formula is C12H21NOS. The predicted molar refractivity (Wildman–Crippen MR) is 66.3 cm³/mol. The van der Waals surface area contributed by atoms with E-state index < -0.39 is 0 Å². The van der Waals surface area contributed by atoms with E-state index in [2.05, 4.69) is 23.7 Å². The lowest BCUT2D eigenvalue weighted by molar-refractivity contribution is 0.282. The van der Waals surface area contributed by atoms with Crippen molar-refractivity contribution >= 4 is 11.3 Å². The first kappa shape index (κ1) is 12.7. The van der Waals surface area contributed by atoms with Gasteiger partial charge >= 0.3 is 0 Å². The van der Waals surface area contributed by atoms with E-state index in [9.17, 15) is 0 Å². The third-order valence-electron chi connectivity index (χ3n) is 2.52. The Morgan fingerprint density at radius 1 is 1.27 bits per heavy atom. The van der Waals surface area contributed by atoms with E-state index in [1.807, 2.05) is 11.3 Å². The van der Waals surface area contributed by atoms with Gasteiger partial charge in [0.05, 0.1) is 0 Å². The minimum atomic E-state index is 0.335. The molecule has 0 saturated carbocycles. The molecule has 0 spiro atoms. The van der Waals surface area contributed by atoms with E-state index in [-0.39, 0.29) is 0 Å². The number of hydrogen-bond acceptors (Lipinski definition) is 3. The van der Waals surface area contributed by atoms with Gasteiger partial charge in [-0.2, -0.15) is 0 Å². The highest BCUT2D eigenvalue weighted by Gasteiger charge is 1.98. The summed E-state index contributed by atoms with van der Waals surface area (Å²) in [6.45, 7) is 4.59. The summed E-state index contributed by atoms with van der Waals surface area (Å²) in [6, 6.07) is 2.17. The average molecular weight is 227 g/mol. The van der Waals surface area contributed by atoms with Gasteiger partial charge in [0.25, 0.3) is 0 Å². The van der Waals surface area contributed by atoms with Crippen molar-refractivity contribution in [3.63, 3.8) is 0 Å². The van der Waals surface area contributed by atoms with Crippen LogP contribution < -0.4 is 5.32 Å². The van der Waals surface area contributed by atoms with Crippen LogP contribution in [0.3, 0.4) is 0 Å². The molecule has 3 heteroatoms. The van der Waals surface area contributed by atoms with Crippen LogP contribution in [0.1, 0.15) is 36.1 Å². The molecule has 0 unspecified atom stereocenters. The normalized spacial score (nSPS) is 10.8. The summed E-state index contributed by atoms with van der Waals surface area (Å²) in [6.07, 6.45) is 4.53. The topological polar surface area (TPSA) is 32.3 Å². The quantitative estimate of drug-likeness (QED) is 0.669. The highest BCUT2D eigenvalue weighted by molar-refractivity contribution is 7.10. The van der Waals surface area contributed by atoms with Gasteiger partial charge in [-0.15, -0.1) is 11.3 Å². The fourth-order valence-corrected chi connectivity index (χ4v) is 2.38. The summed E-state index contributed by atoms with van der Waals surface area (Å²) in [4.78, 5) is 1.45. The van der Waals surface area contributed by atoms with Crippen molar-refractivity contribution in [2.75, 3.05) is 13.2 Å². The van der Waals surface area contributed by atoms with Gasteiger partial charge in [-0.3, -0.25) is 0 Å². The molecule has 1 aromatic heterocycles. The second kappa shape index (κ2) is 7.85. The predicted octanol–water partition coefficient (Wildman–Crippen LogP) is 2.70. The molecule has 15 heavy (non-hydrogen) atoms. The first-order valence-electron chi connectivity index (χ1n) is 5.69. The molecule has 2 nitrogen and oxygen atoms in total. The number of aliphatic hydroxyl groups is 1. The minimum Gasteiger partial charge on any atom is -0.396 e. The standard InChI is InChI=1S/C12H21NOS/c1-11-6-9-15-12(11)10-13-7-4-2-3-5-8-14/h6,9,13-14H,2-5,7-8,10H2,1H3. The van der Waals surface area contributed by atoms with Crippen molar-refractivity contribution in [2.45, 2.75) is 39.2 Å². The van der Waals surface area contributed by atoms with Gasteiger partial charge in [0.2, 0.25) is 0 Å². The van der Waals surface area contributed by atoms with Gasteiger partial charge in [0, 0.05) is 18.0 Å². The van der Waals surface area contributed by atoms with Gasteiger partial charge < -0.3 is 10.4 Å². The summed E-state index contributed by atoms with van der Waals surface area (Å²) < 4.78 is 0. The SMILES string of the molecule is Cc1ccsc1CNCCCCCCO. The van der Waals surface area contributed by atoms with E-state index in [1.165, 1.54) is 23.3 Å². The Morgan fingerprint density at radius 3 is 2.73 bits per heavy atom. The smallest absolute Gasteiger partial charge is 0.0431 e. The Bertz CT molecular complexity index is 260. The molecule has 0 aliphatic rings. The summed E-state index contributed by atoms with van der Waals surface area (Å²) in [5, 5.41) is 14.2. The molecular weight excluding hydrogens is 206 g/mol. The van der Waals surface area contributed by atoms with Gasteiger partial charge in [-0.05, 0) is 43.3 Å². The van der Waals surface area contributed by atoms with Crippen molar-refractivity contribution < 1.29 is 5.11 Å². The van der Waals surface area contributed by atoms with Crippen LogP contribution in [-0.2, 0) is 6.54 Å². The Kier molecular flexibility index (Phi) is 6.64. The fourth-order valence-electron chi connectivity index (χ4n) is 1.50. The van der Waals surface area contributed by atoms with Crippen molar-refractivity contribution in [1.29, 1.82) is 0 Å². The van der Waals surface area contributed by atoms with E-state index in [0.29, 0.717) is 6.61 Å². The van der Waals surface area contributed by atoms with E-state index in [0.717, 1.165) is 25.9 Å². The number of aryl methyl sites for hydroxylation is 1. The Hall–Kier alpha value is -0.380. The lowest BCUT2D eigenvalue weighted by atomic mass is 10.2. The van der Waals surface area contributed by atoms with Gasteiger partial charge in [-0.1, -0.05) is 12.8 Å². The second-order valence-corrected chi connectivity index (χ2v) is 4.84. The molecule has 0 saturated heterocycles. The lowest BCUT2D eigenvalue weighted by Gasteiger charge is -2.03. The second-order valence-electron chi connectivity index (χ2n) is 3.84. The monoisotopic (exact) mass is 227 g/mol. The van der Waals surface area contributed by atoms with Crippen LogP contribution in [0, 0.1) is 6.92 Å². The molecule has 0 aromatic carbocycles. The lowest BCUT2D eigenvalue weighted by Crippen LogP contribution is -2.14. The molecule has 0 aliphatic carbocycles. The van der Waals surface area contributed by atoms with E-state index >= 15 is 0 Å². The summed E-state index contributed by atoms with van der Waals surface area (Å²) in [5.41, 5.74) is 1.40. The molecule has 0 fully saturated rings. The third kappa shape index (κ3) is 5.30. The number of unbranched alkanes of at least 4 members (excludes halogenated alkanes) is 3. The zero-order chi connectivity index (χ0) is 10.9. The molecule has 0 bridgehead atoms. The van der Waals surface area contributed by atoms with Crippen LogP contribution in [0.25, 0.3) is 0 Å². The Morgan fingerprint density at radius 2 is 2.07 bits per heavy atom. The van der Waals surface area contributed by atoms with E-state index in [4.69, 9.17) is 5.11 Å². The molecule has 1 rings (SSSR count). The molecule has 1 heterocycles. The summed E-state index contributed by atoms with van der Waals surface area (Å²) >= 11 is 1.83. The molecule has 1 aromatic rings. The van der Waals surface area contributed by atoms with Crippen LogP contribution in [0.2, 0.25) is 0 Å². The largest absolute Gasteiger partial charge is 0.396 e. The molecule has 0 aliphatic heterocycles. The number of rotatable bonds is 8. The highest BCUT2D eigenvalue weighted by atomic mass is 32.1. The number of thiophene rings is 1. The molecule has 2 N–H and O–H groups in total. The maximum atomic E-state index is 8.61. The molecule has 0 amide bonds. The highest BCUT2D eigenvalue weighted by Crippen LogP contribution is 2.14. The first-order chi connectivity index (χ1) is 7.34. The minimum absolute atomic E-state index is 0.335. The number of nitrogens with one attached hydrogen (secondary N) is 1. The van der Waals surface area contributed by atoms with Crippen LogP contribution in [0.15, 0.2) is 11.4 Å². The number of aliphatic hydroxyl groups excluding tert-OH is 1. The molecule has 0 atom stereocenters. The van der Waals surface area contributed by atoms with Crippen molar-refractivity contribution in [2.24, 2.45) is 0 Å². The van der Waals surface area contributed by atoms with Crippen molar-refractivity contribution in [1.82, 2.24) is 5.32 Å². The van der Waals surface area contributed by atoms with Crippen LogP contribution in [0.4, 0.5) is 0 Å². The average Bonchev–Trinajstić information content (AvgIpc) is 2.63. The van der Waals surface area contributed by atoms with Crippen molar-refractivity contribution in [3.8, 4) is 0 Å². The van der Waals surface area contributed by atoms with E-state index in [1.54, 1.807) is 0 Å². The van der Waals surface area contributed by atoms with Gasteiger partial charge in [0.15, 0.2) is 0 Å². The Balaban J connectivity index is 1.96. The summed E-state index contributed by atoms with van der Waals surface area (Å²) in [7, 11) is 0. The van der Waals surface area contributed by atoms with Crippen LogP contribution >= 0.6 is 11.3 Å².